The van der Waals surface area contributed by atoms with Gasteiger partial charge in [0, 0.05) is 0 Å². The second-order valence-electron chi connectivity index (χ2n) is 12.3. The van der Waals surface area contributed by atoms with Crippen molar-refractivity contribution in [3.8, 4) is 22.3 Å². The Morgan fingerprint density at radius 1 is 0.568 bits per heavy atom. The number of fused-ring (bicyclic) bond motifs is 4. The third kappa shape index (κ3) is 7.42. The van der Waals surface area contributed by atoms with Gasteiger partial charge < -0.3 is 24.8 Å². The minimum Gasteiger partial charge on any atom is -1.00 e. The normalized spacial score (nSPS) is 12.7. The van der Waals surface area contributed by atoms with Gasteiger partial charge in [-0.1, -0.05) is 108 Å². The average molecular weight is 711 g/mol. The maximum absolute atomic E-state index is 2.41. The Bertz CT molecular complexity index is 1740. The van der Waals surface area contributed by atoms with Crippen molar-refractivity contribution in [2.24, 2.45) is 0 Å². The monoisotopic (exact) mass is 708 g/mol. The molecule has 4 heteroatoms. The van der Waals surface area contributed by atoms with E-state index >= 15 is 0 Å². The van der Waals surface area contributed by atoms with Gasteiger partial charge in [-0.05, 0) is 49.7 Å². The standard InChI is InChI=1S/2C19H17.C2H6Si.2ClH.Zr/c2*1-13-10-16-12-15-8-5-9-17(15)19(18(16)11-13)14-6-3-2-4-7-14;1-3-2;;;/h2*2-4,6-7,10-12H,5,8-9H2,1H3;1-2H3;2*1H;/q2*-1;;;;+2/p-2. The van der Waals surface area contributed by atoms with Crippen LogP contribution in [0.1, 0.15) is 46.2 Å². The Balaban J connectivity index is 0.000000172. The van der Waals surface area contributed by atoms with Gasteiger partial charge in [0.15, 0.2) is 0 Å². The number of hydrogen-bond donors (Lipinski definition) is 0. The van der Waals surface area contributed by atoms with Gasteiger partial charge in [-0.15, -0.1) is 56.9 Å². The third-order valence-electron chi connectivity index (χ3n) is 8.58. The van der Waals surface area contributed by atoms with Crippen LogP contribution in [0.4, 0.5) is 0 Å². The van der Waals surface area contributed by atoms with Gasteiger partial charge in [0.25, 0.3) is 0 Å². The van der Waals surface area contributed by atoms with E-state index in [1.165, 1.54) is 93.5 Å². The van der Waals surface area contributed by atoms with Crippen molar-refractivity contribution in [3.05, 3.63) is 130 Å². The summed E-state index contributed by atoms with van der Waals surface area (Å²) >= 11 is 1.74. The van der Waals surface area contributed by atoms with Crippen molar-refractivity contribution < 1.29 is 48.1 Å². The van der Waals surface area contributed by atoms with Crippen molar-refractivity contribution in [2.45, 2.75) is 65.5 Å². The van der Waals surface area contributed by atoms with Crippen LogP contribution in [-0.2, 0) is 49.0 Å². The van der Waals surface area contributed by atoms with Crippen LogP contribution in [0.15, 0.2) is 97.1 Å². The van der Waals surface area contributed by atoms with Crippen LogP contribution in [0.2, 0.25) is 13.1 Å². The maximum atomic E-state index is 2.41. The Hall–Kier alpha value is -2.22. The van der Waals surface area contributed by atoms with Gasteiger partial charge >= 0.3 is 41.9 Å². The molecular weight excluding hydrogens is 671 g/mol. The molecule has 2 aliphatic carbocycles. The molecule has 0 aliphatic heterocycles. The maximum Gasteiger partial charge on any atom is -0.0276 e. The van der Waals surface area contributed by atoms with Gasteiger partial charge in [-0.2, -0.15) is 12.1 Å². The number of benzene rings is 4. The zero-order valence-electron chi connectivity index (χ0n) is 26.2. The third-order valence-corrected chi connectivity index (χ3v) is 8.58. The summed E-state index contributed by atoms with van der Waals surface area (Å²) in [5.74, 6) is 0. The van der Waals surface area contributed by atoms with Crippen LogP contribution in [0.5, 0.6) is 0 Å². The molecule has 8 rings (SSSR count). The Morgan fingerprint density at radius 3 is 1.30 bits per heavy atom. The minimum atomic E-state index is 0. The van der Waals surface area contributed by atoms with E-state index in [9.17, 15) is 0 Å². The van der Waals surface area contributed by atoms with Crippen molar-refractivity contribution in [1.29, 1.82) is 0 Å². The molecule has 0 heterocycles. The summed E-state index contributed by atoms with van der Waals surface area (Å²) in [6, 6.07) is 35.9. The van der Waals surface area contributed by atoms with E-state index in [4.69, 9.17) is 0 Å². The molecule has 0 spiro atoms. The van der Waals surface area contributed by atoms with Gasteiger partial charge in [0.2, 0.25) is 0 Å². The van der Waals surface area contributed by atoms with Crippen molar-refractivity contribution in [2.75, 3.05) is 0 Å². The van der Waals surface area contributed by atoms with Crippen LogP contribution in [0.25, 0.3) is 43.8 Å². The molecule has 44 heavy (non-hydrogen) atoms. The topological polar surface area (TPSA) is 0 Å². The van der Waals surface area contributed by atoms with Crippen LogP contribution < -0.4 is 24.8 Å². The summed E-state index contributed by atoms with van der Waals surface area (Å²) in [5, 5.41) is 5.70. The first kappa shape index (κ1) is 34.6. The Labute approximate surface area is 291 Å². The van der Waals surface area contributed by atoms with Crippen molar-refractivity contribution in [1.82, 2.24) is 0 Å². The molecule has 0 unspecified atom stereocenters. The average Bonchev–Trinajstić information content (AvgIpc) is 3.77. The first-order chi connectivity index (χ1) is 20.4. The molecule has 0 amide bonds. The van der Waals surface area contributed by atoms with E-state index in [0.29, 0.717) is 0 Å². The molecule has 0 saturated heterocycles. The first-order valence-electron chi connectivity index (χ1n) is 15.4. The molecule has 0 saturated carbocycles. The molecule has 0 radical (unpaired) electrons. The second kappa shape index (κ2) is 15.4. The van der Waals surface area contributed by atoms with Gasteiger partial charge in [-0.25, -0.2) is 0 Å². The molecule has 2 aliphatic rings. The largest absolute Gasteiger partial charge is 1.00 e. The summed E-state index contributed by atoms with van der Waals surface area (Å²) in [6.07, 6.45) is 7.58. The van der Waals surface area contributed by atoms with Crippen molar-refractivity contribution in [3.63, 3.8) is 0 Å². The zero-order chi connectivity index (χ0) is 29.2. The smallest absolute Gasteiger partial charge is 0.0276 e. The molecule has 0 atom stereocenters. The predicted molar refractivity (Wildman–Crippen MR) is 181 cm³/mol. The quantitative estimate of drug-likeness (QED) is 0.179. The Kier molecular flexibility index (Phi) is 12.1. The fourth-order valence-corrected chi connectivity index (χ4v) is 7.02. The molecule has 6 aromatic carbocycles. The summed E-state index contributed by atoms with van der Waals surface area (Å²) < 4.78 is 0. The van der Waals surface area contributed by atoms with Gasteiger partial charge in [0.05, 0.1) is 0 Å². The fraction of sp³-hybridized carbons (Fsp3) is 0.250. The molecular formula is C40H40Cl2SiZr-2. The molecule has 0 aromatic heterocycles. The molecule has 0 fully saturated rings. The van der Waals surface area contributed by atoms with E-state index in [0.717, 1.165) is 0 Å². The molecule has 0 bridgehead atoms. The summed E-state index contributed by atoms with van der Waals surface area (Å²) in [7, 11) is 0. The van der Waals surface area contributed by atoms with Crippen LogP contribution >= 0.6 is 0 Å². The minimum absolute atomic E-state index is 0. The van der Waals surface area contributed by atoms with Crippen LogP contribution in [0, 0.1) is 13.8 Å². The predicted octanol–water partition coefficient (Wildman–Crippen LogP) is 4.84. The molecule has 6 aromatic rings. The molecule has 224 valence electrons. The summed E-state index contributed by atoms with van der Waals surface area (Å²) in [4.78, 5) is 0. The van der Waals surface area contributed by atoms with Crippen molar-refractivity contribution >= 4 is 27.0 Å². The zero-order valence-corrected chi connectivity index (χ0v) is 31.2. The van der Waals surface area contributed by atoms with Crippen LogP contribution in [0.3, 0.4) is 0 Å². The van der Waals surface area contributed by atoms with E-state index in [1.807, 2.05) is 0 Å². The Morgan fingerprint density at radius 2 is 0.932 bits per heavy atom. The fourth-order valence-electron chi connectivity index (χ4n) is 7.02. The summed E-state index contributed by atoms with van der Waals surface area (Å²) in [5.41, 5.74) is 15.0. The molecule has 0 N–H and O–H groups in total. The van der Waals surface area contributed by atoms with E-state index in [2.05, 4.69) is 124 Å². The summed E-state index contributed by atoms with van der Waals surface area (Å²) in [6.45, 7) is 9.01. The number of rotatable bonds is 2. The van der Waals surface area contributed by atoms with Crippen LogP contribution in [-0.4, -0.2) is 5.43 Å². The SMILES string of the molecule is C[Si](C)=[Zr+2].Cc1cc2c(-c3ccccc3)c3c(cc2[cH-]1)CCC3.Cc1cc2c(-c3ccccc3)c3c(cc2[cH-]1)CCC3.[Cl-].[Cl-]. The van der Waals surface area contributed by atoms with E-state index in [-0.39, 0.29) is 30.2 Å². The first-order valence-corrected chi connectivity index (χ1v) is 21.6. The number of aryl methyl sites for hydroxylation is 4. The molecule has 0 nitrogen and oxygen atoms in total. The van der Waals surface area contributed by atoms with Gasteiger partial charge in [-0.3, -0.25) is 0 Å². The van der Waals surface area contributed by atoms with E-state index < -0.39 is 0 Å². The second-order valence-corrected chi connectivity index (χ2v) is 21.7. The number of halogens is 2. The van der Waals surface area contributed by atoms with E-state index in [1.54, 1.807) is 45.6 Å². The van der Waals surface area contributed by atoms with Gasteiger partial charge in [0.1, 0.15) is 0 Å². The number of hydrogen-bond acceptors (Lipinski definition) is 0.